The van der Waals surface area contributed by atoms with Gasteiger partial charge in [0.25, 0.3) is 5.91 Å². The Hall–Kier alpha value is -1.88. The smallest absolute Gasteiger partial charge is 0.255 e. The molecule has 5 heteroatoms. The van der Waals surface area contributed by atoms with E-state index in [1.165, 1.54) is 0 Å². The topological polar surface area (TPSA) is 60.9 Å². The van der Waals surface area contributed by atoms with E-state index in [4.69, 9.17) is 0 Å². The maximum atomic E-state index is 13.0. The van der Waals surface area contributed by atoms with Gasteiger partial charge >= 0.3 is 0 Å². The van der Waals surface area contributed by atoms with Gasteiger partial charge in [0.2, 0.25) is 5.91 Å². The van der Waals surface area contributed by atoms with E-state index >= 15 is 0 Å². The van der Waals surface area contributed by atoms with Crippen LogP contribution in [0.15, 0.2) is 24.3 Å². The second-order valence-corrected chi connectivity index (χ2v) is 7.01. The predicted molar refractivity (Wildman–Crippen MR) is 86.7 cm³/mol. The van der Waals surface area contributed by atoms with Crippen molar-refractivity contribution in [3.8, 4) is 0 Å². The lowest BCUT2D eigenvalue weighted by Crippen LogP contribution is -2.52. The van der Waals surface area contributed by atoms with Crippen LogP contribution in [-0.2, 0) is 11.3 Å². The van der Waals surface area contributed by atoms with Gasteiger partial charge in [0.15, 0.2) is 0 Å². The Balaban J connectivity index is 1.86. The van der Waals surface area contributed by atoms with Gasteiger partial charge < -0.3 is 14.9 Å². The molecule has 3 atom stereocenters. The number of aliphatic hydroxyl groups excluding tert-OH is 1. The second-order valence-electron chi connectivity index (χ2n) is 7.01. The summed E-state index contributed by atoms with van der Waals surface area (Å²) < 4.78 is 0. The second kappa shape index (κ2) is 5.96. The molecule has 23 heavy (non-hydrogen) atoms. The van der Waals surface area contributed by atoms with E-state index in [9.17, 15) is 14.7 Å². The average molecular weight is 316 g/mol. The van der Waals surface area contributed by atoms with E-state index in [0.29, 0.717) is 25.1 Å². The molecule has 2 aliphatic heterocycles. The van der Waals surface area contributed by atoms with Gasteiger partial charge in [0.1, 0.15) is 6.04 Å². The molecule has 1 aromatic rings. The van der Waals surface area contributed by atoms with Crippen LogP contribution in [0, 0.1) is 5.92 Å². The fourth-order valence-corrected chi connectivity index (χ4v) is 3.76. The van der Waals surface area contributed by atoms with Crippen LogP contribution in [0.2, 0.25) is 0 Å². The zero-order valence-corrected chi connectivity index (χ0v) is 13.9. The van der Waals surface area contributed by atoms with Crippen molar-refractivity contribution >= 4 is 11.8 Å². The number of likely N-dealkylation sites (tertiary alicyclic amines) is 1. The molecular weight excluding hydrogens is 292 g/mol. The third-order valence-corrected chi connectivity index (χ3v) is 4.91. The Labute approximate surface area is 136 Å². The van der Waals surface area contributed by atoms with Crippen LogP contribution in [0.4, 0.5) is 0 Å². The summed E-state index contributed by atoms with van der Waals surface area (Å²) in [7, 11) is 0. The zero-order chi connectivity index (χ0) is 16.7. The number of fused-ring (bicyclic) bond motifs is 1. The number of benzene rings is 1. The number of carbonyl (C=O) groups is 2. The van der Waals surface area contributed by atoms with Crippen LogP contribution in [0.3, 0.4) is 0 Å². The van der Waals surface area contributed by atoms with E-state index in [1.54, 1.807) is 9.80 Å². The monoisotopic (exact) mass is 316 g/mol. The number of aliphatic hydroxyl groups is 1. The minimum atomic E-state index is -0.484. The van der Waals surface area contributed by atoms with Crippen LogP contribution in [0.1, 0.15) is 43.1 Å². The molecule has 3 rings (SSSR count). The molecule has 0 radical (unpaired) electrons. The standard InChI is InChI=1S/C18H24N2O3/c1-11(2)16(18(23)19-10-14(21)8-12(19)3)20-9-13-6-4-5-7-15(13)17(20)22/h4-7,11-12,14,16,21H,8-10H2,1-3H3/t12-,14-,16+/m1/s1. The molecule has 124 valence electrons. The maximum Gasteiger partial charge on any atom is 0.255 e. The van der Waals surface area contributed by atoms with Crippen molar-refractivity contribution in [2.75, 3.05) is 6.54 Å². The van der Waals surface area contributed by atoms with Crippen LogP contribution in [0.25, 0.3) is 0 Å². The molecule has 1 N–H and O–H groups in total. The molecular formula is C18H24N2O3. The summed E-state index contributed by atoms with van der Waals surface area (Å²) in [6.07, 6.45) is 0.137. The van der Waals surface area contributed by atoms with Crippen LogP contribution in [-0.4, -0.2) is 51.5 Å². The van der Waals surface area contributed by atoms with Gasteiger partial charge in [0, 0.05) is 24.7 Å². The normalized spacial score (nSPS) is 25.2. The van der Waals surface area contributed by atoms with Gasteiger partial charge in [-0.05, 0) is 30.9 Å². The minimum absolute atomic E-state index is 0.0128. The summed E-state index contributed by atoms with van der Waals surface area (Å²) in [5, 5.41) is 9.82. The molecule has 5 nitrogen and oxygen atoms in total. The molecule has 2 aliphatic rings. The first kappa shape index (κ1) is 16.0. The van der Waals surface area contributed by atoms with E-state index in [0.717, 1.165) is 5.56 Å². The zero-order valence-electron chi connectivity index (χ0n) is 13.9. The lowest BCUT2D eigenvalue weighted by Gasteiger charge is -2.34. The van der Waals surface area contributed by atoms with Gasteiger partial charge in [-0.1, -0.05) is 32.0 Å². The van der Waals surface area contributed by atoms with E-state index in [2.05, 4.69) is 0 Å². The number of rotatable bonds is 3. The van der Waals surface area contributed by atoms with Crippen LogP contribution >= 0.6 is 0 Å². The van der Waals surface area contributed by atoms with Crippen LogP contribution in [0.5, 0.6) is 0 Å². The summed E-state index contributed by atoms with van der Waals surface area (Å²) >= 11 is 0. The van der Waals surface area contributed by atoms with E-state index in [-0.39, 0.29) is 23.8 Å². The van der Waals surface area contributed by atoms with Gasteiger partial charge in [-0.25, -0.2) is 0 Å². The quantitative estimate of drug-likeness (QED) is 0.922. The highest BCUT2D eigenvalue weighted by Crippen LogP contribution is 2.29. The van der Waals surface area contributed by atoms with E-state index in [1.807, 2.05) is 45.0 Å². The number of carbonyl (C=O) groups excluding carboxylic acids is 2. The predicted octanol–water partition coefficient (Wildman–Crippen LogP) is 1.65. The highest BCUT2D eigenvalue weighted by Gasteiger charge is 2.42. The Kier molecular flexibility index (Phi) is 4.15. The highest BCUT2D eigenvalue weighted by molar-refractivity contribution is 6.01. The van der Waals surface area contributed by atoms with Crippen molar-refractivity contribution < 1.29 is 14.7 Å². The summed E-state index contributed by atoms with van der Waals surface area (Å²) in [4.78, 5) is 29.2. The first-order valence-electron chi connectivity index (χ1n) is 8.27. The molecule has 1 saturated heterocycles. The maximum absolute atomic E-state index is 13.0. The first-order chi connectivity index (χ1) is 10.9. The molecule has 0 bridgehead atoms. The number of β-amino-alcohol motifs (C(OH)–C–C–N with tert-alkyl or cyclic N) is 1. The summed E-state index contributed by atoms with van der Waals surface area (Å²) in [5.41, 5.74) is 1.67. The van der Waals surface area contributed by atoms with Crippen molar-refractivity contribution in [1.29, 1.82) is 0 Å². The fourth-order valence-electron chi connectivity index (χ4n) is 3.76. The molecule has 0 aliphatic carbocycles. The minimum Gasteiger partial charge on any atom is -0.391 e. The SMILES string of the molecule is CC(C)[C@@H](C(=O)N1C[C@H](O)C[C@H]1C)N1Cc2ccccc2C1=O. The van der Waals surface area contributed by atoms with Crippen molar-refractivity contribution in [2.45, 2.75) is 51.9 Å². The summed E-state index contributed by atoms with van der Waals surface area (Å²) in [6.45, 7) is 6.73. The lowest BCUT2D eigenvalue weighted by atomic mass is 10.0. The number of nitrogens with zero attached hydrogens (tertiary/aromatic N) is 2. The molecule has 0 spiro atoms. The number of amides is 2. The lowest BCUT2D eigenvalue weighted by molar-refractivity contribution is -0.138. The van der Waals surface area contributed by atoms with Gasteiger partial charge in [-0.3, -0.25) is 9.59 Å². The largest absolute Gasteiger partial charge is 0.391 e. The van der Waals surface area contributed by atoms with Crippen LogP contribution < -0.4 is 0 Å². The Morgan fingerprint density at radius 2 is 2.00 bits per heavy atom. The Morgan fingerprint density at radius 3 is 2.57 bits per heavy atom. The van der Waals surface area contributed by atoms with Gasteiger partial charge in [0.05, 0.1) is 6.10 Å². The molecule has 1 aromatic carbocycles. The molecule has 0 aromatic heterocycles. The third kappa shape index (κ3) is 2.74. The van der Waals surface area contributed by atoms with Crippen molar-refractivity contribution in [3.63, 3.8) is 0 Å². The average Bonchev–Trinajstić information content (AvgIpc) is 3.00. The molecule has 0 unspecified atom stereocenters. The first-order valence-corrected chi connectivity index (χ1v) is 8.27. The fraction of sp³-hybridized carbons (Fsp3) is 0.556. The van der Waals surface area contributed by atoms with Gasteiger partial charge in [-0.2, -0.15) is 0 Å². The number of hydrogen-bond donors (Lipinski definition) is 1. The van der Waals surface area contributed by atoms with Gasteiger partial charge in [-0.15, -0.1) is 0 Å². The van der Waals surface area contributed by atoms with Crippen molar-refractivity contribution in [2.24, 2.45) is 5.92 Å². The highest BCUT2D eigenvalue weighted by atomic mass is 16.3. The van der Waals surface area contributed by atoms with Crippen molar-refractivity contribution in [1.82, 2.24) is 9.80 Å². The van der Waals surface area contributed by atoms with E-state index < -0.39 is 12.1 Å². The Morgan fingerprint density at radius 1 is 1.30 bits per heavy atom. The summed E-state index contributed by atoms with van der Waals surface area (Å²) in [6, 6.07) is 7.06. The third-order valence-electron chi connectivity index (χ3n) is 4.91. The molecule has 2 heterocycles. The summed E-state index contributed by atoms with van der Waals surface area (Å²) in [5.74, 6) is -0.101. The number of hydrogen-bond acceptors (Lipinski definition) is 3. The van der Waals surface area contributed by atoms with Crippen molar-refractivity contribution in [3.05, 3.63) is 35.4 Å². The molecule has 0 saturated carbocycles. The molecule has 1 fully saturated rings. The molecule has 2 amide bonds. The Bertz CT molecular complexity index is 628.